The van der Waals surface area contributed by atoms with Crippen LogP contribution in [-0.2, 0) is 14.8 Å². The summed E-state index contributed by atoms with van der Waals surface area (Å²) in [5.41, 5.74) is 3.30. The lowest BCUT2D eigenvalue weighted by molar-refractivity contribution is -0.121. The number of benzene rings is 2. The number of rotatable bonds is 6. The van der Waals surface area contributed by atoms with E-state index in [-0.39, 0.29) is 22.0 Å². The highest BCUT2D eigenvalue weighted by atomic mass is 32.2. The molecule has 0 aromatic heterocycles. The lowest BCUT2D eigenvalue weighted by atomic mass is 10.2. The summed E-state index contributed by atoms with van der Waals surface area (Å²) in [6.45, 7) is 1.41. The van der Waals surface area contributed by atoms with Crippen LogP contribution < -0.4 is 5.43 Å². The van der Waals surface area contributed by atoms with Crippen molar-refractivity contribution in [1.82, 2.24) is 9.73 Å². The molecule has 0 bridgehead atoms. The normalized spacial score (nSPS) is 11.8. The summed E-state index contributed by atoms with van der Waals surface area (Å²) in [6, 6.07) is 10.6. The van der Waals surface area contributed by atoms with Gasteiger partial charge in [-0.3, -0.25) is 4.79 Å². The Labute approximate surface area is 151 Å². The molecule has 0 atom stereocenters. The van der Waals surface area contributed by atoms with Gasteiger partial charge in [0.25, 0.3) is 5.91 Å². The van der Waals surface area contributed by atoms with Crippen molar-refractivity contribution < 1.29 is 23.4 Å². The molecule has 0 aliphatic heterocycles. The molecule has 0 aliphatic carbocycles. The standard InChI is InChI=1S/C17H19N3O5S/c1-12-6-8-14(9-7-12)26(24,25)20(2)11-16(22)19-18-10-13-4-3-5-15(21)17(13)23/h3-10,21,23H,11H2,1-2H3,(H,19,22)/b18-10+. The number of carbonyl (C=O) groups excluding carboxylic acids is 1. The molecule has 9 heteroatoms. The maximum atomic E-state index is 12.4. The molecule has 3 N–H and O–H groups in total. The van der Waals surface area contributed by atoms with Gasteiger partial charge in [0.15, 0.2) is 11.5 Å². The van der Waals surface area contributed by atoms with E-state index in [0.717, 1.165) is 16.1 Å². The Morgan fingerprint density at radius 1 is 1.19 bits per heavy atom. The maximum absolute atomic E-state index is 12.4. The first-order chi connectivity index (χ1) is 12.2. The smallest absolute Gasteiger partial charge is 0.255 e. The van der Waals surface area contributed by atoms with E-state index >= 15 is 0 Å². The molecule has 8 nitrogen and oxygen atoms in total. The van der Waals surface area contributed by atoms with Crippen LogP contribution in [0.1, 0.15) is 11.1 Å². The fourth-order valence-corrected chi connectivity index (χ4v) is 3.17. The molecule has 138 valence electrons. The summed E-state index contributed by atoms with van der Waals surface area (Å²) in [5.74, 6) is -1.34. The molecule has 0 unspecified atom stereocenters. The van der Waals surface area contributed by atoms with Crippen LogP contribution in [0, 0.1) is 6.92 Å². The number of aryl methyl sites for hydroxylation is 1. The van der Waals surface area contributed by atoms with Crippen molar-refractivity contribution in [3.05, 3.63) is 53.6 Å². The zero-order chi connectivity index (χ0) is 19.3. The third kappa shape index (κ3) is 4.58. The number of nitrogens with zero attached hydrogens (tertiary/aromatic N) is 2. The zero-order valence-electron chi connectivity index (χ0n) is 14.2. The number of likely N-dealkylation sites (N-methyl/N-ethyl adjacent to an activating group) is 1. The van der Waals surface area contributed by atoms with Gasteiger partial charge in [-0.2, -0.15) is 9.41 Å². The number of hydrogen-bond acceptors (Lipinski definition) is 6. The van der Waals surface area contributed by atoms with E-state index in [1.807, 2.05) is 6.92 Å². The molecular formula is C17H19N3O5S. The number of nitrogens with one attached hydrogen (secondary N) is 1. The Bertz CT molecular complexity index is 924. The van der Waals surface area contributed by atoms with Crippen molar-refractivity contribution >= 4 is 22.1 Å². The third-order valence-electron chi connectivity index (χ3n) is 3.53. The monoisotopic (exact) mass is 377 g/mol. The average Bonchev–Trinajstić information content (AvgIpc) is 2.59. The Morgan fingerprint density at radius 3 is 2.50 bits per heavy atom. The van der Waals surface area contributed by atoms with Gasteiger partial charge in [-0.1, -0.05) is 23.8 Å². The van der Waals surface area contributed by atoms with E-state index in [9.17, 15) is 23.4 Å². The van der Waals surface area contributed by atoms with Crippen molar-refractivity contribution in [1.29, 1.82) is 0 Å². The van der Waals surface area contributed by atoms with E-state index < -0.39 is 22.5 Å². The quantitative estimate of drug-likeness (QED) is 0.397. The number of amides is 1. The number of para-hydroxylation sites is 1. The largest absolute Gasteiger partial charge is 0.504 e. The minimum Gasteiger partial charge on any atom is -0.504 e. The van der Waals surface area contributed by atoms with E-state index in [1.165, 1.54) is 37.4 Å². The van der Waals surface area contributed by atoms with Crippen LogP contribution in [0.2, 0.25) is 0 Å². The van der Waals surface area contributed by atoms with Crippen LogP contribution in [0.5, 0.6) is 11.5 Å². The molecule has 26 heavy (non-hydrogen) atoms. The summed E-state index contributed by atoms with van der Waals surface area (Å²) in [4.78, 5) is 12.0. The van der Waals surface area contributed by atoms with Crippen molar-refractivity contribution in [3.8, 4) is 11.5 Å². The summed E-state index contributed by atoms with van der Waals surface area (Å²) in [6.07, 6.45) is 1.14. The molecule has 0 fully saturated rings. The number of hydrazone groups is 1. The fraction of sp³-hybridized carbons (Fsp3) is 0.176. The first kappa shape index (κ1) is 19.4. The Kier molecular flexibility index (Phi) is 5.96. The molecule has 0 radical (unpaired) electrons. The van der Waals surface area contributed by atoms with Crippen molar-refractivity contribution in [3.63, 3.8) is 0 Å². The number of carbonyl (C=O) groups is 1. The van der Waals surface area contributed by atoms with Crippen LogP contribution in [0.4, 0.5) is 0 Å². The number of hydrogen-bond donors (Lipinski definition) is 3. The van der Waals surface area contributed by atoms with E-state index in [4.69, 9.17) is 0 Å². The van der Waals surface area contributed by atoms with Gasteiger partial charge >= 0.3 is 0 Å². The third-order valence-corrected chi connectivity index (χ3v) is 5.35. The van der Waals surface area contributed by atoms with Gasteiger partial charge in [-0.05, 0) is 31.2 Å². The predicted molar refractivity (Wildman–Crippen MR) is 96.5 cm³/mol. The van der Waals surface area contributed by atoms with Gasteiger partial charge < -0.3 is 10.2 Å². The minimum absolute atomic E-state index is 0.0894. The van der Waals surface area contributed by atoms with Crippen LogP contribution in [0.3, 0.4) is 0 Å². The molecular weight excluding hydrogens is 358 g/mol. The lowest BCUT2D eigenvalue weighted by Crippen LogP contribution is -2.36. The second-order valence-electron chi connectivity index (χ2n) is 5.58. The lowest BCUT2D eigenvalue weighted by Gasteiger charge is -2.16. The molecule has 2 rings (SSSR count). The highest BCUT2D eigenvalue weighted by Crippen LogP contribution is 2.26. The molecule has 0 saturated carbocycles. The van der Waals surface area contributed by atoms with Crippen LogP contribution in [0.25, 0.3) is 0 Å². The summed E-state index contributed by atoms with van der Waals surface area (Å²) in [5, 5.41) is 22.6. The van der Waals surface area contributed by atoms with Gasteiger partial charge in [0.2, 0.25) is 10.0 Å². The fourth-order valence-electron chi connectivity index (χ4n) is 2.04. The van der Waals surface area contributed by atoms with Gasteiger partial charge in [0.05, 0.1) is 17.7 Å². The SMILES string of the molecule is Cc1ccc(S(=O)(=O)N(C)CC(=O)N/N=C/c2cccc(O)c2O)cc1. The van der Waals surface area contributed by atoms with E-state index in [0.29, 0.717) is 0 Å². The Morgan fingerprint density at radius 2 is 1.85 bits per heavy atom. The minimum atomic E-state index is -3.79. The predicted octanol–water partition coefficient (Wildman–Crippen LogP) is 1.18. The number of phenols is 2. The molecule has 2 aromatic rings. The Hall–Kier alpha value is -2.91. The highest BCUT2D eigenvalue weighted by Gasteiger charge is 2.22. The average molecular weight is 377 g/mol. The van der Waals surface area contributed by atoms with Crippen molar-refractivity contribution in [2.45, 2.75) is 11.8 Å². The van der Waals surface area contributed by atoms with Gasteiger partial charge in [0, 0.05) is 12.6 Å². The van der Waals surface area contributed by atoms with Gasteiger partial charge in [-0.15, -0.1) is 0 Å². The molecule has 1 amide bonds. The summed E-state index contributed by atoms with van der Waals surface area (Å²) >= 11 is 0. The first-order valence-corrected chi connectivity index (χ1v) is 9.01. The van der Waals surface area contributed by atoms with Crippen LogP contribution in [-0.4, -0.2) is 48.7 Å². The maximum Gasteiger partial charge on any atom is 0.255 e. The first-order valence-electron chi connectivity index (χ1n) is 7.57. The van der Waals surface area contributed by atoms with Gasteiger partial charge in [-0.25, -0.2) is 13.8 Å². The molecule has 2 aromatic carbocycles. The zero-order valence-corrected chi connectivity index (χ0v) is 15.1. The second-order valence-corrected chi connectivity index (χ2v) is 7.63. The van der Waals surface area contributed by atoms with Crippen LogP contribution in [0.15, 0.2) is 52.5 Å². The second kappa shape index (κ2) is 7.98. The summed E-state index contributed by atoms with van der Waals surface area (Å²) < 4.78 is 25.7. The van der Waals surface area contributed by atoms with Crippen molar-refractivity contribution in [2.75, 3.05) is 13.6 Å². The molecule has 0 aliphatic rings. The van der Waals surface area contributed by atoms with E-state index in [2.05, 4.69) is 10.5 Å². The van der Waals surface area contributed by atoms with Crippen molar-refractivity contribution in [2.24, 2.45) is 5.10 Å². The summed E-state index contributed by atoms with van der Waals surface area (Å²) in [7, 11) is -2.50. The van der Waals surface area contributed by atoms with Crippen LogP contribution >= 0.6 is 0 Å². The molecule has 0 spiro atoms. The number of phenolic OH excluding ortho intramolecular Hbond substituents is 2. The number of sulfonamides is 1. The van der Waals surface area contributed by atoms with Gasteiger partial charge in [0.1, 0.15) is 0 Å². The molecule has 0 heterocycles. The topological polar surface area (TPSA) is 119 Å². The molecule has 0 saturated heterocycles. The number of aromatic hydroxyl groups is 2. The van der Waals surface area contributed by atoms with E-state index in [1.54, 1.807) is 12.1 Å². The Balaban J connectivity index is 1.99. The highest BCUT2D eigenvalue weighted by molar-refractivity contribution is 7.89.